The second-order valence-electron chi connectivity index (χ2n) is 6.31. The molecule has 0 saturated carbocycles. The van der Waals surface area contributed by atoms with Crippen molar-refractivity contribution in [1.29, 1.82) is 0 Å². The fourth-order valence-electron chi connectivity index (χ4n) is 2.77. The van der Waals surface area contributed by atoms with Gasteiger partial charge in [0.05, 0.1) is 5.41 Å². The topological polar surface area (TPSA) is 58.6 Å². The summed E-state index contributed by atoms with van der Waals surface area (Å²) in [7, 11) is 0. The Bertz CT molecular complexity index is 649. The second-order valence-corrected chi connectivity index (χ2v) is 6.31. The van der Waals surface area contributed by atoms with Crippen LogP contribution in [0.15, 0.2) is 54.6 Å². The van der Waals surface area contributed by atoms with E-state index in [-0.39, 0.29) is 0 Å². The van der Waals surface area contributed by atoms with Gasteiger partial charge < -0.3 is 15.2 Å². The largest absolute Gasteiger partial charge is 0.489 e. The van der Waals surface area contributed by atoms with Crippen LogP contribution in [0.3, 0.4) is 0 Å². The Hall–Kier alpha value is -2.33. The molecule has 0 saturated heterocycles. The first-order chi connectivity index (χ1) is 12.1. The third kappa shape index (κ3) is 5.33. The van der Waals surface area contributed by atoms with E-state index in [1.807, 2.05) is 68.4 Å². The van der Waals surface area contributed by atoms with Crippen LogP contribution in [-0.2, 0) is 17.9 Å². The summed E-state index contributed by atoms with van der Waals surface area (Å²) in [6, 6.07) is 18.0. The first-order valence-corrected chi connectivity index (χ1v) is 8.79. The van der Waals surface area contributed by atoms with Gasteiger partial charge in [-0.2, -0.15) is 0 Å². The van der Waals surface area contributed by atoms with E-state index in [4.69, 9.17) is 4.74 Å². The summed E-state index contributed by atoms with van der Waals surface area (Å²) in [5.41, 5.74) is 1.56. The van der Waals surface area contributed by atoms with Gasteiger partial charge in [-0.3, -0.25) is 4.79 Å². The molecule has 4 nitrogen and oxygen atoms in total. The summed E-state index contributed by atoms with van der Waals surface area (Å²) in [5, 5.41) is 12.7. The SMILES string of the molecule is CCC(CC)(CNCc1ccc(OCc2ccccc2)cc1)C(=O)O. The summed E-state index contributed by atoms with van der Waals surface area (Å²) < 4.78 is 5.77. The van der Waals surface area contributed by atoms with E-state index in [0.29, 0.717) is 32.5 Å². The summed E-state index contributed by atoms with van der Waals surface area (Å²) in [5.74, 6) is 0.101. The zero-order valence-electron chi connectivity index (χ0n) is 15.0. The van der Waals surface area contributed by atoms with Gasteiger partial charge in [0.1, 0.15) is 12.4 Å². The molecule has 25 heavy (non-hydrogen) atoms. The number of hydrogen-bond donors (Lipinski definition) is 2. The van der Waals surface area contributed by atoms with Crippen molar-refractivity contribution in [1.82, 2.24) is 5.32 Å². The van der Waals surface area contributed by atoms with Gasteiger partial charge in [-0.15, -0.1) is 0 Å². The van der Waals surface area contributed by atoms with E-state index in [1.165, 1.54) is 0 Å². The monoisotopic (exact) mass is 341 g/mol. The fourth-order valence-corrected chi connectivity index (χ4v) is 2.77. The van der Waals surface area contributed by atoms with Crippen LogP contribution in [0.1, 0.15) is 37.8 Å². The third-order valence-electron chi connectivity index (χ3n) is 4.77. The van der Waals surface area contributed by atoms with Gasteiger partial charge in [-0.1, -0.05) is 56.3 Å². The molecule has 0 aromatic heterocycles. The normalized spacial score (nSPS) is 11.3. The van der Waals surface area contributed by atoms with Crippen LogP contribution in [0.25, 0.3) is 0 Å². The number of benzene rings is 2. The van der Waals surface area contributed by atoms with Gasteiger partial charge in [-0.25, -0.2) is 0 Å². The summed E-state index contributed by atoms with van der Waals surface area (Å²) in [4.78, 5) is 11.5. The molecule has 0 aliphatic rings. The molecule has 0 amide bonds. The molecule has 0 radical (unpaired) electrons. The van der Waals surface area contributed by atoms with Crippen molar-refractivity contribution < 1.29 is 14.6 Å². The first kappa shape index (κ1) is 19.0. The lowest BCUT2D eigenvalue weighted by Gasteiger charge is -2.27. The van der Waals surface area contributed by atoms with E-state index < -0.39 is 11.4 Å². The number of ether oxygens (including phenoxy) is 1. The maximum Gasteiger partial charge on any atom is 0.310 e. The second kappa shape index (κ2) is 9.23. The van der Waals surface area contributed by atoms with Crippen molar-refractivity contribution in [2.45, 2.75) is 39.8 Å². The van der Waals surface area contributed by atoms with Gasteiger partial charge in [0.2, 0.25) is 0 Å². The average Bonchev–Trinajstić information content (AvgIpc) is 2.65. The molecule has 2 aromatic rings. The summed E-state index contributed by atoms with van der Waals surface area (Å²) in [6.45, 7) is 5.53. The average molecular weight is 341 g/mol. The van der Waals surface area contributed by atoms with Crippen molar-refractivity contribution in [2.75, 3.05) is 6.54 Å². The molecule has 0 aliphatic heterocycles. The number of nitrogens with one attached hydrogen (secondary N) is 1. The Balaban J connectivity index is 1.83. The van der Waals surface area contributed by atoms with Gasteiger partial charge in [0.25, 0.3) is 0 Å². The number of carbonyl (C=O) groups is 1. The number of aliphatic carboxylic acids is 1. The van der Waals surface area contributed by atoms with E-state index in [9.17, 15) is 9.90 Å². The lowest BCUT2D eigenvalue weighted by molar-refractivity contribution is -0.149. The first-order valence-electron chi connectivity index (χ1n) is 8.79. The Kier molecular flexibility index (Phi) is 7.02. The maximum absolute atomic E-state index is 11.5. The predicted molar refractivity (Wildman–Crippen MR) is 99.6 cm³/mol. The quantitative estimate of drug-likeness (QED) is 0.678. The minimum atomic E-state index is -0.727. The Morgan fingerprint density at radius 2 is 1.64 bits per heavy atom. The molecule has 0 bridgehead atoms. The molecular formula is C21H27NO3. The minimum Gasteiger partial charge on any atom is -0.489 e. The molecule has 0 atom stereocenters. The molecule has 2 N–H and O–H groups in total. The molecule has 0 aliphatic carbocycles. The summed E-state index contributed by atoms with van der Waals surface area (Å²) in [6.07, 6.45) is 1.25. The lowest BCUT2D eigenvalue weighted by atomic mass is 9.82. The van der Waals surface area contributed by atoms with Crippen LogP contribution in [-0.4, -0.2) is 17.6 Å². The number of carboxylic acids is 1. The van der Waals surface area contributed by atoms with Crippen LogP contribution in [0.4, 0.5) is 0 Å². The zero-order chi connectivity index (χ0) is 18.1. The van der Waals surface area contributed by atoms with Crippen molar-refractivity contribution >= 4 is 5.97 Å². The fraction of sp³-hybridized carbons (Fsp3) is 0.381. The highest BCUT2D eigenvalue weighted by Gasteiger charge is 2.34. The molecule has 2 rings (SSSR count). The molecule has 0 unspecified atom stereocenters. The van der Waals surface area contributed by atoms with Crippen LogP contribution >= 0.6 is 0 Å². The Morgan fingerprint density at radius 3 is 2.20 bits per heavy atom. The van der Waals surface area contributed by atoms with Gasteiger partial charge in [0.15, 0.2) is 0 Å². The third-order valence-corrected chi connectivity index (χ3v) is 4.77. The standard InChI is InChI=1S/C21H27NO3/c1-3-21(4-2,20(23)24)16-22-14-17-10-12-19(13-11-17)25-15-18-8-6-5-7-9-18/h5-13,22H,3-4,14-16H2,1-2H3,(H,23,24). The lowest BCUT2D eigenvalue weighted by Crippen LogP contribution is -2.39. The highest BCUT2D eigenvalue weighted by molar-refractivity contribution is 5.74. The van der Waals surface area contributed by atoms with Crippen LogP contribution in [0.2, 0.25) is 0 Å². The van der Waals surface area contributed by atoms with Gasteiger partial charge in [-0.05, 0) is 36.1 Å². The van der Waals surface area contributed by atoms with Crippen molar-refractivity contribution in [3.05, 3.63) is 65.7 Å². The Morgan fingerprint density at radius 1 is 1.00 bits per heavy atom. The number of hydrogen-bond acceptors (Lipinski definition) is 3. The van der Waals surface area contributed by atoms with Crippen molar-refractivity contribution in [3.63, 3.8) is 0 Å². The molecular weight excluding hydrogens is 314 g/mol. The summed E-state index contributed by atoms with van der Waals surface area (Å²) >= 11 is 0. The predicted octanol–water partition coefficient (Wildman–Crippen LogP) is 4.25. The van der Waals surface area contributed by atoms with Crippen molar-refractivity contribution in [3.8, 4) is 5.75 Å². The molecule has 4 heteroatoms. The highest BCUT2D eigenvalue weighted by Crippen LogP contribution is 2.25. The van der Waals surface area contributed by atoms with Gasteiger partial charge >= 0.3 is 5.97 Å². The molecule has 0 fully saturated rings. The Labute approximate surface area is 149 Å². The molecule has 0 spiro atoms. The smallest absolute Gasteiger partial charge is 0.310 e. The van der Waals surface area contributed by atoms with Crippen molar-refractivity contribution in [2.24, 2.45) is 5.41 Å². The zero-order valence-corrected chi connectivity index (χ0v) is 15.0. The minimum absolute atomic E-state index is 0.474. The molecule has 0 heterocycles. The molecule has 2 aromatic carbocycles. The van der Waals surface area contributed by atoms with E-state index >= 15 is 0 Å². The van der Waals surface area contributed by atoms with E-state index in [0.717, 1.165) is 16.9 Å². The number of rotatable bonds is 10. The van der Waals surface area contributed by atoms with E-state index in [1.54, 1.807) is 0 Å². The van der Waals surface area contributed by atoms with Crippen LogP contribution in [0.5, 0.6) is 5.75 Å². The maximum atomic E-state index is 11.5. The van der Waals surface area contributed by atoms with Crippen LogP contribution in [0, 0.1) is 5.41 Å². The number of carboxylic acid groups (broad SMARTS) is 1. The van der Waals surface area contributed by atoms with Gasteiger partial charge in [0, 0.05) is 13.1 Å². The highest BCUT2D eigenvalue weighted by atomic mass is 16.5. The van der Waals surface area contributed by atoms with Crippen LogP contribution < -0.4 is 10.1 Å². The van der Waals surface area contributed by atoms with E-state index in [2.05, 4.69) is 5.32 Å². The molecule has 134 valence electrons.